The molecule has 2 fully saturated rings. The number of hydrogen-bond acceptors (Lipinski definition) is 2. The molecule has 0 bridgehead atoms. The standard InChI is InChI=1S/C17H31NO2/c1-3-9-16(10-4-2)13-18(14-16)17(15(19)20)11-7-5-6-8-12-17/h3-14H2,1-2H3,(H,19,20). The van der Waals surface area contributed by atoms with Gasteiger partial charge < -0.3 is 5.11 Å². The summed E-state index contributed by atoms with van der Waals surface area (Å²) >= 11 is 0. The normalized spacial score (nSPS) is 25.7. The second-order valence-corrected chi connectivity index (χ2v) is 7.11. The fourth-order valence-electron chi connectivity index (χ4n) is 4.55. The van der Waals surface area contributed by atoms with Crippen LogP contribution in [0.3, 0.4) is 0 Å². The van der Waals surface area contributed by atoms with Gasteiger partial charge >= 0.3 is 5.97 Å². The predicted octanol–water partition coefficient (Wildman–Crippen LogP) is 4.07. The van der Waals surface area contributed by atoms with Crippen LogP contribution in [0, 0.1) is 5.41 Å². The smallest absolute Gasteiger partial charge is 0.324 e. The molecular formula is C17H31NO2. The fraction of sp³-hybridized carbons (Fsp3) is 0.941. The van der Waals surface area contributed by atoms with Crippen molar-refractivity contribution in [1.29, 1.82) is 0 Å². The van der Waals surface area contributed by atoms with Crippen LogP contribution in [0.2, 0.25) is 0 Å². The molecule has 0 aromatic carbocycles. The summed E-state index contributed by atoms with van der Waals surface area (Å²) in [6.07, 6.45) is 11.2. The van der Waals surface area contributed by atoms with Gasteiger partial charge in [-0.05, 0) is 31.1 Å². The van der Waals surface area contributed by atoms with Crippen molar-refractivity contribution >= 4 is 5.97 Å². The van der Waals surface area contributed by atoms with Crippen LogP contribution in [0.4, 0.5) is 0 Å². The number of hydrogen-bond donors (Lipinski definition) is 1. The van der Waals surface area contributed by atoms with Gasteiger partial charge in [-0.25, -0.2) is 0 Å². The quantitative estimate of drug-likeness (QED) is 0.746. The van der Waals surface area contributed by atoms with Gasteiger partial charge in [0.1, 0.15) is 5.54 Å². The summed E-state index contributed by atoms with van der Waals surface area (Å²) in [5.41, 5.74) is -0.125. The van der Waals surface area contributed by atoms with Crippen molar-refractivity contribution in [2.75, 3.05) is 13.1 Å². The first-order valence-electron chi connectivity index (χ1n) is 8.57. The molecule has 0 radical (unpaired) electrons. The Kier molecular flexibility index (Phi) is 5.11. The summed E-state index contributed by atoms with van der Waals surface area (Å²) in [4.78, 5) is 14.3. The highest BCUT2D eigenvalue weighted by molar-refractivity contribution is 5.79. The third kappa shape index (κ3) is 2.88. The molecule has 3 heteroatoms. The minimum absolute atomic E-state index is 0.415. The molecule has 20 heavy (non-hydrogen) atoms. The van der Waals surface area contributed by atoms with Gasteiger partial charge in [0, 0.05) is 13.1 Å². The van der Waals surface area contributed by atoms with Crippen LogP contribution in [0.25, 0.3) is 0 Å². The minimum atomic E-state index is -0.569. The second-order valence-electron chi connectivity index (χ2n) is 7.11. The molecule has 0 atom stereocenters. The van der Waals surface area contributed by atoms with Crippen molar-refractivity contribution < 1.29 is 9.90 Å². The van der Waals surface area contributed by atoms with E-state index in [1.807, 2.05) is 0 Å². The fourth-order valence-corrected chi connectivity index (χ4v) is 4.55. The first-order chi connectivity index (χ1) is 9.58. The summed E-state index contributed by atoms with van der Waals surface area (Å²) in [6.45, 7) is 6.53. The molecule has 3 nitrogen and oxygen atoms in total. The molecule has 0 spiro atoms. The number of carbonyl (C=O) groups is 1. The maximum atomic E-state index is 11.9. The average Bonchev–Trinajstić information content (AvgIpc) is 2.62. The van der Waals surface area contributed by atoms with E-state index >= 15 is 0 Å². The van der Waals surface area contributed by atoms with Gasteiger partial charge in [0.2, 0.25) is 0 Å². The van der Waals surface area contributed by atoms with E-state index in [-0.39, 0.29) is 0 Å². The van der Waals surface area contributed by atoms with Crippen molar-refractivity contribution in [3.05, 3.63) is 0 Å². The zero-order valence-corrected chi connectivity index (χ0v) is 13.3. The maximum Gasteiger partial charge on any atom is 0.324 e. The number of rotatable bonds is 6. The van der Waals surface area contributed by atoms with Crippen LogP contribution in [-0.4, -0.2) is 34.6 Å². The largest absolute Gasteiger partial charge is 0.480 e. The molecule has 1 saturated heterocycles. The minimum Gasteiger partial charge on any atom is -0.480 e. The van der Waals surface area contributed by atoms with Gasteiger partial charge in [-0.3, -0.25) is 9.69 Å². The third-order valence-corrected chi connectivity index (χ3v) is 5.55. The third-order valence-electron chi connectivity index (χ3n) is 5.55. The SMILES string of the molecule is CCCC1(CCC)CN(C2(C(=O)O)CCCCCC2)C1. The molecule has 0 amide bonds. The molecule has 0 aromatic rings. The highest BCUT2D eigenvalue weighted by Gasteiger charge is 2.53. The summed E-state index contributed by atoms with van der Waals surface area (Å²) < 4.78 is 0. The van der Waals surface area contributed by atoms with Crippen LogP contribution < -0.4 is 0 Å². The summed E-state index contributed by atoms with van der Waals surface area (Å²) in [5, 5.41) is 9.84. The topological polar surface area (TPSA) is 40.5 Å². The Morgan fingerprint density at radius 2 is 1.50 bits per heavy atom. The maximum absolute atomic E-state index is 11.9. The first-order valence-corrected chi connectivity index (χ1v) is 8.57. The predicted molar refractivity (Wildman–Crippen MR) is 81.9 cm³/mol. The zero-order chi connectivity index (χ0) is 14.6. The highest BCUT2D eigenvalue weighted by Crippen LogP contribution is 2.46. The monoisotopic (exact) mass is 281 g/mol. The Morgan fingerprint density at radius 3 is 1.90 bits per heavy atom. The van der Waals surface area contributed by atoms with E-state index in [1.165, 1.54) is 38.5 Å². The lowest BCUT2D eigenvalue weighted by molar-refractivity contribution is -0.166. The Morgan fingerprint density at radius 1 is 1.00 bits per heavy atom. The average molecular weight is 281 g/mol. The lowest BCUT2D eigenvalue weighted by atomic mass is 9.69. The van der Waals surface area contributed by atoms with E-state index in [0.717, 1.165) is 38.8 Å². The summed E-state index contributed by atoms with van der Waals surface area (Å²) in [7, 11) is 0. The number of aliphatic carboxylic acids is 1. The van der Waals surface area contributed by atoms with Crippen LogP contribution in [0.5, 0.6) is 0 Å². The van der Waals surface area contributed by atoms with Crippen molar-refractivity contribution in [2.24, 2.45) is 5.41 Å². The van der Waals surface area contributed by atoms with Gasteiger partial charge in [-0.15, -0.1) is 0 Å². The molecule has 1 saturated carbocycles. The van der Waals surface area contributed by atoms with Crippen LogP contribution >= 0.6 is 0 Å². The van der Waals surface area contributed by atoms with Gasteiger partial charge in [0.15, 0.2) is 0 Å². The lowest BCUT2D eigenvalue weighted by Gasteiger charge is -2.57. The lowest BCUT2D eigenvalue weighted by Crippen LogP contribution is -2.67. The van der Waals surface area contributed by atoms with Gasteiger partial charge in [0.05, 0.1) is 0 Å². The summed E-state index contributed by atoms with van der Waals surface area (Å²) in [6, 6.07) is 0. The van der Waals surface area contributed by atoms with E-state index in [1.54, 1.807) is 0 Å². The second kappa shape index (κ2) is 6.46. The number of nitrogens with zero attached hydrogens (tertiary/aromatic N) is 1. The van der Waals surface area contributed by atoms with Crippen molar-refractivity contribution in [3.63, 3.8) is 0 Å². The Bertz CT molecular complexity index is 318. The number of likely N-dealkylation sites (tertiary alicyclic amines) is 1. The van der Waals surface area contributed by atoms with Crippen molar-refractivity contribution in [3.8, 4) is 0 Å². The van der Waals surface area contributed by atoms with Crippen LogP contribution in [0.15, 0.2) is 0 Å². The van der Waals surface area contributed by atoms with E-state index in [2.05, 4.69) is 18.7 Å². The number of carboxylic acid groups (broad SMARTS) is 1. The molecule has 1 N–H and O–H groups in total. The molecular weight excluding hydrogens is 250 g/mol. The zero-order valence-electron chi connectivity index (χ0n) is 13.3. The Balaban J connectivity index is 2.07. The van der Waals surface area contributed by atoms with Gasteiger partial charge in [-0.1, -0.05) is 52.4 Å². The molecule has 116 valence electrons. The summed E-state index contributed by atoms with van der Waals surface area (Å²) in [5.74, 6) is -0.569. The first kappa shape index (κ1) is 15.8. The van der Waals surface area contributed by atoms with E-state index in [4.69, 9.17) is 0 Å². The van der Waals surface area contributed by atoms with Gasteiger partial charge in [-0.2, -0.15) is 0 Å². The van der Waals surface area contributed by atoms with E-state index in [9.17, 15) is 9.90 Å². The molecule has 0 aromatic heterocycles. The van der Waals surface area contributed by atoms with Crippen molar-refractivity contribution in [2.45, 2.75) is 83.6 Å². The molecule has 1 heterocycles. The highest BCUT2D eigenvalue weighted by atomic mass is 16.4. The molecule has 0 unspecified atom stereocenters. The van der Waals surface area contributed by atoms with Crippen molar-refractivity contribution in [1.82, 2.24) is 4.90 Å². The Labute approximate surface area is 123 Å². The molecule has 2 rings (SSSR count). The molecule has 2 aliphatic rings. The number of carboxylic acids is 1. The van der Waals surface area contributed by atoms with Crippen LogP contribution in [-0.2, 0) is 4.79 Å². The van der Waals surface area contributed by atoms with Crippen LogP contribution in [0.1, 0.15) is 78.1 Å². The molecule has 1 aliphatic heterocycles. The Hall–Kier alpha value is -0.570. The van der Waals surface area contributed by atoms with E-state index < -0.39 is 11.5 Å². The van der Waals surface area contributed by atoms with E-state index in [0.29, 0.717) is 5.41 Å². The van der Waals surface area contributed by atoms with Gasteiger partial charge in [0.25, 0.3) is 0 Å². The molecule has 1 aliphatic carbocycles.